The Morgan fingerprint density at radius 2 is 1.64 bits per heavy atom. The first kappa shape index (κ1) is 10.2. The van der Waals surface area contributed by atoms with E-state index in [-0.39, 0.29) is 0 Å². The van der Waals surface area contributed by atoms with Crippen LogP contribution in [0.3, 0.4) is 0 Å². The van der Waals surface area contributed by atoms with Gasteiger partial charge >= 0.3 is 0 Å². The zero-order valence-electron chi connectivity index (χ0n) is 9.17. The number of carbonyl (C=O) groups is 1. The van der Waals surface area contributed by atoms with E-state index in [2.05, 4.69) is 4.90 Å². The summed E-state index contributed by atoms with van der Waals surface area (Å²) in [5.41, 5.74) is 0. The highest BCUT2D eigenvalue weighted by atomic mass is 16.1. The zero-order chi connectivity index (χ0) is 9.97. The normalized spacial score (nSPS) is 21.6. The first-order valence-electron chi connectivity index (χ1n) is 6.02. The molecule has 0 aromatic heterocycles. The number of rotatable bonds is 7. The van der Waals surface area contributed by atoms with Crippen LogP contribution in [0.5, 0.6) is 0 Å². The number of carbonyl (C=O) groups excluding carboxylic acids is 1. The molecule has 2 aliphatic carbocycles. The molecule has 14 heavy (non-hydrogen) atoms. The summed E-state index contributed by atoms with van der Waals surface area (Å²) in [6.45, 7) is 5.04. The maximum Gasteiger partial charge on any atom is 0.146 e. The fourth-order valence-electron chi connectivity index (χ4n) is 1.90. The smallest absolute Gasteiger partial charge is 0.146 e. The van der Waals surface area contributed by atoms with Crippen LogP contribution in [0.15, 0.2) is 0 Å². The Hall–Kier alpha value is -0.370. The van der Waals surface area contributed by atoms with Crippen molar-refractivity contribution in [3.05, 3.63) is 0 Å². The second-order valence-corrected chi connectivity index (χ2v) is 4.97. The van der Waals surface area contributed by atoms with Crippen molar-refractivity contribution >= 4 is 5.78 Å². The second-order valence-electron chi connectivity index (χ2n) is 4.97. The minimum Gasteiger partial charge on any atom is -0.298 e. The van der Waals surface area contributed by atoms with E-state index in [4.69, 9.17) is 0 Å². The molecule has 2 nitrogen and oxygen atoms in total. The molecule has 0 amide bonds. The van der Waals surface area contributed by atoms with Crippen molar-refractivity contribution in [2.75, 3.05) is 19.6 Å². The molecule has 0 heterocycles. The third-order valence-electron chi connectivity index (χ3n) is 3.22. The second kappa shape index (κ2) is 4.43. The van der Waals surface area contributed by atoms with E-state index in [1.807, 2.05) is 6.92 Å². The molecule has 2 heteroatoms. The van der Waals surface area contributed by atoms with Gasteiger partial charge in [0, 0.05) is 19.5 Å². The molecule has 80 valence electrons. The summed E-state index contributed by atoms with van der Waals surface area (Å²) in [6.07, 6.45) is 6.26. The number of ketones is 1. The van der Waals surface area contributed by atoms with Gasteiger partial charge in [0.05, 0.1) is 6.54 Å². The van der Waals surface area contributed by atoms with E-state index in [0.717, 1.165) is 11.8 Å². The van der Waals surface area contributed by atoms with Crippen molar-refractivity contribution in [3.63, 3.8) is 0 Å². The molecule has 2 fully saturated rings. The van der Waals surface area contributed by atoms with Crippen molar-refractivity contribution in [1.29, 1.82) is 0 Å². The summed E-state index contributed by atoms with van der Waals surface area (Å²) in [7, 11) is 0. The minimum atomic E-state index is 0.409. The Labute approximate surface area is 86.7 Å². The van der Waals surface area contributed by atoms with Crippen molar-refractivity contribution in [2.24, 2.45) is 11.8 Å². The third-order valence-corrected chi connectivity index (χ3v) is 3.22. The molecule has 0 aromatic carbocycles. The monoisotopic (exact) mass is 195 g/mol. The van der Waals surface area contributed by atoms with Crippen molar-refractivity contribution in [2.45, 2.75) is 39.0 Å². The summed E-state index contributed by atoms with van der Waals surface area (Å²) in [4.78, 5) is 13.8. The van der Waals surface area contributed by atoms with Crippen LogP contribution in [-0.2, 0) is 4.79 Å². The van der Waals surface area contributed by atoms with Crippen molar-refractivity contribution in [3.8, 4) is 0 Å². The van der Waals surface area contributed by atoms with E-state index < -0.39 is 0 Å². The Bertz CT molecular complexity index is 192. The highest BCUT2D eigenvalue weighted by Gasteiger charge is 2.29. The lowest BCUT2D eigenvalue weighted by Crippen LogP contribution is -2.33. The lowest BCUT2D eigenvalue weighted by atomic mass is 10.2. The molecule has 2 aliphatic rings. The van der Waals surface area contributed by atoms with E-state index in [1.54, 1.807) is 0 Å². The van der Waals surface area contributed by atoms with Crippen LogP contribution < -0.4 is 0 Å². The van der Waals surface area contributed by atoms with Gasteiger partial charge in [0.25, 0.3) is 0 Å². The molecule has 0 radical (unpaired) electrons. The fraction of sp³-hybridized carbons (Fsp3) is 0.917. The van der Waals surface area contributed by atoms with Crippen LogP contribution in [-0.4, -0.2) is 30.3 Å². The number of Topliss-reactive ketones (excluding diaryl/α,β-unsaturated/α-hetero) is 1. The average Bonchev–Trinajstić information content (AvgIpc) is 2.99. The standard InChI is InChI=1S/C12H21NO/c1-2-12(14)9-13(7-10-3-4-10)8-11-5-6-11/h10-11H,2-9H2,1H3. The molecule has 0 bridgehead atoms. The largest absolute Gasteiger partial charge is 0.298 e. The van der Waals surface area contributed by atoms with E-state index in [9.17, 15) is 4.79 Å². The van der Waals surface area contributed by atoms with Crippen molar-refractivity contribution < 1.29 is 4.79 Å². The highest BCUT2D eigenvalue weighted by molar-refractivity contribution is 5.80. The molecule has 0 N–H and O–H groups in total. The van der Waals surface area contributed by atoms with E-state index in [1.165, 1.54) is 38.8 Å². The van der Waals surface area contributed by atoms with Crippen molar-refractivity contribution in [1.82, 2.24) is 4.90 Å². The van der Waals surface area contributed by atoms with Crippen LogP contribution in [0.25, 0.3) is 0 Å². The molecule has 0 spiro atoms. The number of hydrogen-bond acceptors (Lipinski definition) is 2. The van der Waals surface area contributed by atoms with Gasteiger partial charge in [-0.05, 0) is 37.5 Å². The number of hydrogen-bond donors (Lipinski definition) is 0. The third kappa shape index (κ3) is 3.41. The SMILES string of the molecule is CCC(=O)CN(CC1CC1)CC1CC1. The first-order chi connectivity index (χ1) is 6.78. The number of nitrogens with zero attached hydrogens (tertiary/aromatic N) is 1. The van der Waals surface area contributed by atoms with E-state index >= 15 is 0 Å². The van der Waals surface area contributed by atoms with Crippen LogP contribution in [0.1, 0.15) is 39.0 Å². The topological polar surface area (TPSA) is 20.3 Å². The van der Waals surface area contributed by atoms with Crippen LogP contribution in [0.2, 0.25) is 0 Å². The zero-order valence-corrected chi connectivity index (χ0v) is 9.17. The average molecular weight is 195 g/mol. The van der Waals surface area contributed by atoms with Gasteiger partial charge in [-0.3, -0.25) is 9.69 Å². The molecule has 0 atom stereocenters. The summed E-state index contributed by atoms with van der Waals surface area (Å²) >= 11 is 0. The lowest BCUT2D eigenvalue weighted by Gasteiger charge is -2.20. The predicted molar refractivity (Wildman–Crippen MR) is 57.2 cm³/mol. The maximum atomic E-state index is 11.4. The quantitative estimate of drug-likeness (QED) is 0.620. The van der Waals surface area contributed by atoms with Gasteiger partial charge in [0.2, 0.25) is 0 Å². The molecule has 0 aromatic rings. The maximum absolute atomic E-state index is 11.4. The highest BCUT2D eigenvalue weighted by Crippen LogP contribution is 2.33. The fourth-order valence-corrected chi connectivity index (χ4v) is 1.90. The summed E-state index contributed by atoms with van der Waals surface area (Å²) in [5, 5.41) is 0. The Morgan fingerprint density at radius 1 is 1.14 bits per heavy atom. The molecule has 2 saturated carbocycles. The van der Waals surface area contributed by atoms with E-state index in [0.29, 0.717) is 18.7 Å². The Kier molecular flexibility index (Phi) is 3.22. The molecule has 0 saturated heterocycles. The van der Waals surface area contributed by atoms with Gasteiger partial charge in [-0.2, -0.15) is 0 Å². The predicted octanol–water partition coefficient (Wildman–Crippen LogP) is 2.09. The minimum absolute atomic E-state index is 0.409. The van der Waals surface area contributed by atoms with Crippen LogP contribution in [0.4, 0.5) is 0 Å². The molecular formula is C12H21NO. The van der Waals surface area contributed by atoms with Gasteiger partial charge in [-0.15, -0.1) is 0 Å². The molecule has 0 aliphatic heterocycles. The van der Waals surface area contributed by atoms with Crippen LogP contribution >= 0.6 is 0 Å². The first-order valence-corrected chi connectivity index (χ1v) is 6.02. The van der Waals surface area contributed by atoms with Gasteiger partial charge in [-0.1, -0.05) is 6.92 Å². The molecule has 0 unspecified atom stereocenters. The Morgan fingerprint density at radius 3 is 2.00 bits per heavy atom. The Balaban J connectivity index is 1.73. The molecular weight excluding hydrogens is 174 g/mol. The summed E-state index contributed by atoms with van der Waals surface area (Å²) in [6, 6.07) is 0. The summed E-state index contributed by atoms with van der Waals surface area (Å²) < 4.78 is 0. The lowest BCUT2D eigenvalue weighted by molar-refractivity contribution is -0.120. The summed E-state index contributed by atoms with van der Waals surface area (Å²) in [5.74, 6) is 2.24. The van der Waals surface area contributed by atoms with Crippen LogP contribution in [0, 0.1) is 11.8 Å². The van der Waals surface area contributed by atoms with Gasteiger partial charge in [0.15, 0.2) is 0 Å². The van der Waals surface area contributed by atoms with Gasteiger partial charge in [0.1, 0.15) is 5.78 Å². The molecule has 2 rings (SSSR count). The van der Waals surface area contributed by atoms with Gasteiger partial charge in [-0.25, -0.2) is 0 Å². The van der Waals surface area contributed by atoms with Gasteiger partial charge < -0.3 is 0 Å².